The highest BCUT2D eigenvalue weighted by molar-refractivity contribution is 9.10. The highest BCUT2D eigenvalue weighted by atomic mass is 79.9. The Labute approximate surface area is 177 Å². The van der Waals surface area contributed by atoms with Crippen molar-refractivity contribution in [2.45, 2.75) is 15.7 Å². The summed E-state index contributed by atoms with van der Waals surface area (Å²) in [5, 5.41) is 0. The highest BCUT2D eigenvalue weighted by Crippen LogP contribution is 2.50. The maximum absolute atomic E-state index is 13.0. The van der Waals surface area contributed by atoms with E-state index < -0.39 is 9.84 Å². The molecule has 0 unspecified atom stereocenters. The molecule has 2 aliphatic rings. The molecule has 0 spiro atoms. The Kier molecular flexibility index (Phi) is 3.50. The molecule has 4 heteroatoms. The van der Waals surface area contributed by atoms with Crippen LogP contribution in [-0.4, -0.2) is 8.42 Å². The van der Waals surface area contributed by atoms with Gasteiger partial charge in [0.1, 0.15) is 0 Å². The SMILES string of the molecule is O=S1(=O)c2ccc(Br)cc2-c2cc(C3c4ccccc4-c4ccccc43)ccc21. The van der Waals surface area contributed by atoms with Crippen LogP contribution in [0.25, 0.3) is 22.3 Å². The van der Waals surface area contributed by atoms with Crippen LogP contribution in [0.2, 0.25) is 0 Å². The molecule has 140 valence electrons. The van der Waals surface area contributed by atoms with Gasteiger partial charge in [-0.15, -0.1) is 0 Å². The molecule has 0 atom stereocenters. The lowest BCUT2D eigenvalue weighted by Gasteiger charge is -2.15. The van der Waals surface area contributed by atoms with E-state index in [-0.39, 0.29) is 5.92 Å². The molecule has 1 aliphatic carbocycles. The van der Waals surface area contributed by atoms with E-state index in [1.807, 2.05) is 12.1 Å². The normalized spacial score (nSPS) is 15.5. The predicted molar refractivity (Wildman–Crippen MR) is 118 cm³/mol. The van der Waals surface area contributed by atoms with Gasteiger partial charge < -0.3 is 0 Å². The summed E-state index contributed by atoms with van der Waals surface area (Å²) in [5.41, 5.74) is 7.72. The van der Waals surface area contributed by atoms with Gasteiger partial charge in [-0.1, -0.05) is 70.5 Å². The van der Waals surface area contributed by atoms with E-state index in [0.717, 1.165) is 21.2 Å². The third-order valence-corrected chi connectivity index (χ3v) is 8.34. The molecule has 0 radical (unpaired) electrons. The van der Waals surface area contributed by atoms with Gasteiger partial charge in [0.25, 0.3) is 0 Å². The molecule has 1 heterocycles. The summed E-state index contributed by atoms with van der Waals surface area (Å²) in [6.45, 7) is 0. The summed E-state index contributed by atoms with van der Waals surface area (Å²) in [6.07, 6.45) is 0. The Morgan fingerprint density at radius 3 is 1.83 bits per heavy atom. The third-order valence-electron chi connectivity index (χ3n) is 5.98. The molecule has 1 aliphatic heterocycles. The lowest BCUT2D eigenvalue weighted by Crippen LogP contribution is -2.01. The first-order valence-corrected chi connectivity index (χ1v) is 11.7. The number of hydrogen-bond acceptors (Lipinski definition) is 2. The fraction of sp³-hybridized carbons (Fsp3) is 0.0400. The van der Waals surface area contributed by atoms with Gasteiger partial charge in [-0.2, -0.15) is 0 Å². The van der Waals surface area contributed by atoms with E-state index in [9.17, 15) is 8.42 Å². The standard InChI is InChI=1S/C25H15BrO2S/c26-16-10-12-24-22(14-16)21-13-15(9-11-23(21)29(24,27)28)25-19-7-3-1-5-17(19)18-6-2-4-8-20(18)25/h1-14,25H. The molecule has 0 N–H and O–H groups in total. The Morgan fingerprint density at radius 2 is 1.17 bits per heavy atom. The van der Waals surface area contributed by atoms with Crippen LogP contribution in [0, 0.1) is 0 Å². The number of rotatable bonds is 1. The van der Waals surface area contributed by atoms with Crippen LogP contribution < -0.4 is 0 Å². The van der Waals surface area contributed by atoms with E-state index in [1.165, 1.54) is 22.3 Å². The zero-order chi connectivity index (χ0) is 19.8. The number of halogens is 1. The van der Waals surface area contributed by atoms with Crippen LogP contribution in [-0.2, 0) is 9.84 Å². The summed E-state index contributed by atoms with van der Waals surface area (Å²) >= 11 is 3.49. The summed E-state index contributed by atoms with van der Waals surface area (Å²) in [7, 11) is -3.46. The molecule has 0 fully saturated rings. The molecule has 6 rings (SSSR count). The Morgan fingerprint density at radius 1 is 0.621 bits per heavy atom. The van der Waals surface area contributed by atoms with Crippen molar-refractivity contribution in [1.82, 2.24) is 0 Å². The molecule has 0 saturated heterocycles. The number of benzene rings is 4. The minimum Gasteiger partial charge on any atom is -0.218 e. The first-order chi connectivity index (χ1) is 14.1. The van der Waals surface area contributed by atoms with Crippen molar-refractivity contribution >= 4 is 25.8 Å². The second-order valence-corrected chi connectivity index (χ2v) is 10.3. The molecule has 4 aromatic rings. The molecule has 0 bridgehead atoms. The largest absolute Gasteiger partial charge is 0.218 e. The topological polar surface area (TPSA) is 34.1 Å². The maximum Gasteiger partial charge on any atom is 0.207 e. The average Bonchev–Trinajstić information content (AvgIpc) is 3.18. The second-order valence-electron chi connectivity index (χ2n) is 7.51. The first-order valence-electron chi connectivity index (χ1n) is 9.43. The quantitative estimate of drug-likeness (QED) is 0.284. The predicted octanol–water partition coefficient (Wildman–Crippen LogP) is 6.42. The van der Waals surface area contributed by atoms with Gasteiger partial charge in [0.15, 0.2) is 0 Å². The van der Waals surface area contributed by atoms with Gasteiger partial charge in [0.2, 0.25) is 9.84 Å². The molecular formula is C25H15BrO2S. The molecule has 4 aromatic carbocycles. The molecule has 2 nitrogen and oxygen atoms in total. The average molecular weight is 459 g/mol. The summed E-state index contributed by atoms with van der Waals surface area (Å²) < 4.78 is 26.9. The zero-order valence-corrected chi connectivity index (χ0v) is 17.7. The Hall–Kier alpha value is -2.69. The lowest BCUT2D eigenvalue weighted by atomic mass is 9.88. The molecular weight excluding hydrogens is 444 g/mol. The second kappa shape index (κ2) is 5.91. The van der Waals surface area contributed by atoms with E-state index >= 15 is 0 Å². The molecule has 0 amide bonds. The van der Waals surface area contributed by atoms with Gasteiger partial charge in [-0.3, -0.25) is 0 Å². The molecule has 29 heavy (non-hydrogen) atoms. The van der Waals surface area contributed by atoms with Crippen molar-refractivity contribution in [3.8, 4) is 22.3 Å². The minimum absolute atomic E-state index is 0.103. The fourth-order valence-corrected chi connectivity index (χ4v) is 6.76. The van der Waals surface area contributed by atoms with E-state index in [4.69, 9.17) is 0 Å². The Bertz CT molecular complexity index is 1390. The highest BCUT2D eigenvalue weighted by Gasteiger charge is 2.35. The number of hydrogen-bond donors (Lipinski definition) is 0. The van der Waals surface area contributed by atoms with Crippen LogP contribution in [0.3, 0.4) is 0 Å². The van der Waals surface area contributed by atoms with Crippen molar-refractivity contribution in [2.24, 2.45) is 0 Å². The van der Waals surface area contributed by atoms with Crippen molar-refractivity contribution in [1.29, 1.82) is 0 Å². The Balaban J connectivity index is 1.62. The van der Waals surface area contributed by atoms with Gasteiger partial charge >= 0.3 is 0 Å². The summed E-state index contributed by atoms with van der Waals surface area (Å²) in [5.74, 6) is 0.103. The smallest absolute Gasteiger partial charge is 0.207 e. The summed E-state index contributed by atoms with van der Waals surface area (Å²) in [6, 6.07) is 28.2. The van der Waals surface area contributed by atoms with Crippen molar-refractivity contribution in [3.63, 3.8) is 0 Å². The molecule has 0 saturated carbocycles. The van der Waals surface area contributed by atoms with Crippen molar-refractivity contribution in [2.75, 3.05) is 0 Å². The number of sulfone groups is 1. The van der Waals surface area contributed by atoms with Gasteiger partial charge in [-0.05, 0) is 58.1 Å². The van der Waals surface area contributed by atoms with Crippen LogP contribution in [0.5, 0.6) is 0 Å². The van der Waals surface area contributed by atoms with Crippen molar-refractivity contribution in [3.05, 3.63) is 106 Å². The van der Waals surface area contributed by atoms with E-state index in [0.29, 0.717) is 9.79 Å². The third kappa shape index (κ3) is 2.30. The van der Waals surface area contributed by atoms with E-state index in [1.54, 1.807) is 18.2 Å². The zero-order valence-electron chi connectivity index (χ0n) is 15.3. The monoisotopic (exact) mass is 458 g/mol. The van der Waals surface area contributed by atoms with Gasteiger partial charge in [-0.25, -0.2) is 8.42 Å². The van der Waals surface area contributed by atoms with Crippen LogP contribution in [0.15, 0.2) is 99.2 Å². The van der Waals surface area contributed by atoms with Crippen LogP contribution >= 0.6 is 15.9 Å². The maximum atomic E-state index is 13.0. The van der Waals surface area contributed by atoms with Crippen LogP contribution in [0.4, 0.5) is 0 Å². The lowest BCUT2D eigenvalue weighted by molar-refractivity contribution is 0.598. The minimum atomic E-state index is -3.46. The van der Waals surface area contributed by atoms with Crippen molar-refractivity contribution < 1.29 is 8.42 Å². The van der Waals surface area contributed by atoms with Gasteiger partial charge in [0.05, 0.1) is 9.79 Å². The molecule has 0 aromatic heterocycles. The van der Waals surface area contributed by atoms with E-state index in [2.05, 4.69) is 70.5 Å². The first kappa shape index (κ1) is 17.2. The van der Waals surface area contributed by atoms with Gasteiger partial charge in [0, 0.05) is 21.5 Å². The fourth-order valence-electron chi connectivity index (χ4n) is 4.75. The van der Waals surface area contributed by atoms with Crippen LogP contribution in [0.1, 0.15) is 22.6 Å². The summed E-state index contributed by atoms with van der Waals surface area (Å²) in [4.78, 5) is 0.786. The number of fused-ring (bicyclic) bond motifs is 6.